The van der Waals surface area contributed by atoms with Gasteiger partial charge in [0.05, 0.1) is 5.56 Å². The molecule has 0 unspecified atom stereocenters. The minimum atomic E-state index is -0.855. The molecule has 3 heteroatoms. The number of carboxylic acids is 1. The Bertz CT molecular complexity index is 454. The lowest BCUT2D eigenvalue weighted by molar-refractivity contribution is 0.0697. The van der Waals surface area contributed by atoms with Gasteiger partial charge in [-0.05, 0) is 42.4 Å². The number of hydrogen-bond donors (Lipinski definition) is 1. The van der Waals surface area contributed by atoms with E-state index in [0.29, 0.717) is 11.0 Å². The van der Waals surface area contributed by atoms with Crippen molar-refractivity contribution in [3.8, 4) is 0 Å². The topological polar surface area (TPSA) is 40.5 Å². The summed E-state index contributed by atoms with van der Waals surface area (Å²) in [4.78, 5) is 13.3. The van der Waals surface area contributed by atoms with E-state index < -0.39 is 5.97 Å². The van der Waals surface area contributed by atoms with Crippen molar-refractivity contribution in [2.45, 2.75) is 33.6 Å². The Balaban J connectivity index is 2.05. The molecule has 104 valence electrons. The highest BCUT2D eigenvalue weighted by atomic mass is 16.4. The second-order valence-electron chi connectivity index (χ2n) is 6.48. The normalized spacial score (nSPS) is 17.5. The second-order valence-corrected chi connectivity index (χ2v) is 6.48. The maximum atomic E-state index is 11.0. The molecule has 0 aliphatic carbocycles. The molecule has 0 amide bonds. The number of aromatic carboxylic acids is 1. The van der Waals surface area contributed by atoms with Gasteiger partial charge in [0.1, 0.15) is 0 Å². The molecule has 1 aromatic carbocycles. The van der Waals surface area contributed by atoms with Crippen LogP contribution in [0.3, 0.4) is 0 Å². The third kappa shape index (κ3) is 3.28. The molecular weight excluding hydrogens is 238 g/mol. The molecule has 1 aromatic rings. The first-order valence-corrected chi connectivity index (χ1v) is 6.96. The van der Waals surface area contributed by atoms with Crippen molar-refractivity contribution < 1.29 is 9.90 Å². The number of anilines is 1. The number of piperidine rings is 1. The van der Waals surface area contributed by atoms with Gasteiger partial charge in [-0.15, -0.1) is 0 Å². The lowest BCUT2D eigenvalue weighted by atomic mass is 9.75. The number of carboxylic acid groups (broad SMARTS) is 1. The number of rotatable bonds is 2. The van der Waals surface area contributed by atoms with Crippen LogP contribution in [0.1, 0.15) is 44.0 Å². The van der Waals surface area contributed by atoms with Crippen molar-refractivity contribution in [3.05, 3.63) is 29.8 Å². The quantitative estimate of drug-likeness (QED) is 0.883. The molecule has 1 fully saturated rings. The molecule has 0 radical (unpaired) electrons. The van der Waals surface area contributed by atoms with Crippen LogP contribution >= 0.6 is 0 Å². The molecular formula is C16H23NO2. The summed E-state index contributed by atoms with van der Waals surface area (Å²) >= 11 is 0. The zero-order chi connectivity index (χ0) is 14.0. The number of benzene rings is 1. The highest BCUT2D eigenvalue weighted by molar-refractivity contribution is 5.88. The average molecular weight is 261 g/mol. The van der Waals surface area contributed by atoms with E-state index in [-0.39, 0.29) is 0 Å². The Hall–Kier alpha value is -1.51. The summed E-state index contributed by atoms with van der Waals surface area (Å²) in [6, 6.07) is 7.26. The lowest BCUT2D eigenvalue weighted by Gasteiger charge is -2.39. The number of carbonyl (C=O) groups is 1. The predicted molar refractivity (Wildman–Crippen MR) is 77.8 cm³/mol. The van der Waals surface area contributed by atoms with Crippen LogP contribution in [-0.4, -0.2) is 24.2 Å². The largest absolute Gasteiger partial charge is 0.478 e. The van der Waals surface area contributed by atoms with Gasteiger partial charge in [0, 0.05) is 18.8 Å². The molecule has 0 bridgehead atoms. The Kier molecular flexibility index (Phi) is 3.83. The van der Waals surface area contributed by atoms with Crippen molar-refractivity contribution in [1.29, 1.82) is 0 Å². The van der Waals surface area contributed by atoms with Gasteiger partial charge in [-0.3, -0.25) is 0 Å². The standard InChI is InChI=1S/C16H23NO2/c1-16(2,3)13-7-9-17(10-8-13)14-6-4-5-12(11-14)15(18)19/h4-6,11,13H,7-10H2,1-3H3,(H,18,19). The zero-order valence-electron chi connectivity index (χ0n) is 12.0. The van der Waals surface area contributed by atoms with E-state index in [1.54, 1.807) is 12.1 Å². The zero-order valence-corrected chi connectivity index (χ0v) is 12.0. The summed E-state index contributed by atoms with van der Waals surface area (Å²) in [5, 5.41) is 9.04. The highest BCUT2D eigenvalue weighted by Gasteiger charge is 2.28. The van der Waals surface area contributed by atoms with E-state index in [9.17, 15) is 4.79 Å². The fraction of sp³-hybridized carbons (Fsp3) is 0.562. The van der Waals surface area contributed by atoms with Gasteiger partial charge in [-0.2, -0.15) is 0 Å². The molecule has 1 saturated heterocycles. The third-order valence-electron chi connectivity index (χ3n) is 4.18. The summed E-state index contributed by atoms with van der Waals surface area (Å²) in [6.07, 6.45) is 2.36. The summed E-state index contributed by atoms with van der Waals surface area (Å²) in [7, 11) is 0. The first-order valence-electron chi connectivity index (χ1n) is 6.96. The van der Waals surface area contributed by atoms with Crippen LogP contribution < -0.4 is 4.90 Å². The molecule has 0 aromatic heterocycles. The van der Waals surface area contributed by atoms with Crippen LogP contribution in [0.15, 0.2) is 24.3 Å². The van der Waals surface area contributed by atoms with E-state index in [0.717, 1.165) is 24.7 Å². The number of nitrogens with zero attached hydrogens (tertiary/aromatic N) is 1. The van der Waals surface area contributed by atoms with Crippen molar-refractivity contribution in [1.82, 2.24) is 0 Å². The van der Waals surface area contributed by atoms with Gasteiger partial charge >= 0.3 is 5.97 Å². The third-order valence-corrected chi connectivity index (χ3v) is 4.18. The van der Waals surface area contributed by atoms with Gasteiger partial charge in [-0.25, -0.2) is 4.79 Å². The van der Waals surface area contributed by atoms with Gasteiger partial charge in [0.2, 0.25) is 0 Å². The van der Waals surface area contributed by atoms with Gasteiger partial charge < -0.3 is 10.0 Å². The summed E-state index contributed by atoms with van der Waals surface area (Å²) in [5.41, 5.74) is 1.78. The molecule has 0 saturated carbocycles. The summed E-state index contributed by atoms with van der Waals surface area (Å²) in [6.45, 7) is 8.95. The van der Waals surface area contributed by atoms with Crippen molar-refractivity contribution in [2.75, 3.05) is 18.0 Å². The first kappa shape index (κ1) is 13.9. The van der Waals surface area contributed by atoms with Gasteiger partial charge in [0.25, 0.3) is 0 Å². The SMILES string of the molecule is CC(C)(C)C1CCN(c2cccc(C(=O)O)c2)CC1. The molecule has 1 heterocycles. The Morgan fingerprint density at radius 2 is 1.89 bits per heavy atom. The molecule has 2 rings (SSSR count). The van der Waals surface area contributed by atoms with Crippen LogP contribution in [0.5, 0.6) is 0 Å². The molecule has 1 aliphatic rings. The van der Waals surface area contributed by atoms with Crippen LogP contribution in [0.4, 0.5) is 5.69 Å². The summed E-state index contributed by atoms with van der Waals surface area (Å²) < 4.78 is 0. The maximum absolute atomic E-state index is 11.0. The molecule has 3 nitrogen and oxygen atoms in total. The minimum absolute atomic E-state index is 0.370. The first-order chi connectivity index (χ1) is 8.88. The Labute approximate surface area is 115 Å². The van der Waals surface area contributed by atoms with Crippen molar-refractivity contribution >= 4 is 11.7 Å². The van der Waals surface area contributed by atoms with E-state index in [2.05, 4.69) is 25.7 Å². The van der Waals surface area contributed by atoms with E-state index in [1.165, 1.54) is 12.8 Å². The van der Waals surface area contributed by atoms with Gasteiger partial charge in [0.15, 0.2) is 0 Å². The molecule has 1 aliphatic heterocycles. The minimum Gasteiger partial charge on any atom is -0.478 e. The average Bonchev–Trinajstić information content (AvgIpc) is 2.38. The van der Waals surface area contributed by atoms with E-state index >= 15 is 0 Å². The van der Waals surface area contributed by atoms with Crippen molar-refractivity contribution in [2.24, 2.45) is 11.3 Å². The number of hydrogen-bond acceptors (Lipinski definition) is 2. The Morgan fingerprint density at radius 3 is 2.42 bits per heavy atom. The monoisotopic (exact) mass is 261 g/mol. The van der Waals surface area contributed by atoms with E-state index in [1.807, 2.05) is 12.1 Å². The van der Waals surface area contributed by atoms with Gasteiger partial charge in [-0.1, -0.05) is 26.8 Å². The van der Waals surface area contributed by atoms with Crippen LogP contribution in [0.2, 0.25) is 0 Å². The predicted octanol–water partition coefficient (Wildman–Crippen LogP) is 3.65. The molecule has 19 heavy (non-hydrogen) atoms. The van der Waals surface area contributed by atoms with Crippen molar-refractivity contribution in [3.63, 3.8) is 0 Å². The van der Waals surface area contributed by atoms with Crippen LogP contribution in [0.25, 0.3) is 0 Å². The molecule has 0 spiro atoms. The second kappa shape index (κ2) is 5.24. The van der Waals surface area contributed by atoms with Crippen LogP contribution in [-0.2, 0) is 0 Å². The highest BCUT2D eigenvalue weighted by Crippen LogP contribution is 2.35. The van der Waals surface area contributed by atoms with Crippen LogP contribution in [0, 0.1) is 11.3 Å². The molecule has 1 N–H and O–H groups in total. The maximum Gasteiger partial charge on any atom is 0.335 e. The fourth-order valence-corrected chi connectivity index (χ4v) is 2.84. The fourth-order valence-electron chi connectivity index (χ4n) is 2.84. The Morgan fingerprint density at radius 1 is 1.26 bits per heavy atom. The lowest BCUT2D eigenvalue weighted by Crippen LogP contribution is -2.38. The molecule has 0 atom stereocenters. The smallest absolute Gasteiger partial charge is 0.335 e. The summed E-state index contributed by atoms with van der Waals surface area (Å²) in [5.74, 6) is -0.0992. The van der Waals surface area contributed by atoms with E-state index in [4.69, 9.17) is 5.11 Å².